The maximum absolute atomic E-state index is 3.90. The first-order valence-electron chi connectivity index (χ1n) is 3.96. The Morgan fingerprint density at radius 3 is 3.25 bits per heavy atom. The highest BCUT2D eigenvalue weighted by Gasteiger charge is 2.03. The van der Waals surface area contributed by atoms with E-state index < -0.39 is 0 Å². The fraction of sp³-hybridized carbons (Fsp3) is 0.300. The summed E-state index contributed by atoms with van der Waals surface area (Å²) < 4.78 is 0. The number of rotatable bonds is 1. The number of hydrogen-bond acceptors (Lipinski definition) is 2. The van der Waals surface area contributed by atoms with Crippen LogP contribution in [0.3, 0.4) is 0 Å². The maximum Gasteiger partial charge on any atom is 0.0332 e. The third-order valence-electron chi connectivity index (χ3n) is 1.58. The summed E-state index contributed by atoms with van der Waals surface area (Å²) in [6.07, 6.45) is 7.82. The first kappa shape index (κ1) is 8.61. The Balaban J connectivity index is 2.84. The Kier molecular flexibility index (Phi) is 3.16. The fourth-order valence-electron chi connectivity index (χ4n) is 0.869. The number of nitrogens with zero attached hydrogens (tertiary/aromatic N) is 1. The van der Waals surface area contributed by atoms with Gasteiger partial charge in [0.15, 0.2) is 0 Å². The molecule has 0 aromatic carbocycles. The molecule has 1 aliphatic heterocycles. The van der Waals surface area contributed by atoms with Crippen LogP contribution in [0.25, 0.3) is 0 Å². The van der Waals surface area contributed by atoms with Crippen LogP contribution < -0.4 is 5.43 Å². The SMILES string of the molecule is C/C=C\C=C1\C#CNN=CC1C. The van der Waals surface area contributed by atoms with Crippen LogP contribution in [0.5, 0.6) is 0 Å². The fourth-order valence-corrected chi connectivity index (χ4v) is 0.869. The van der Waals surface area contributed by atoms with E-state index >= 15 is 0 Å². The lowest BCUT2D eigenvalue weighted by atomic mass is 10.0. The molecule has 0 radical (unpaired) electrons. The Bertz CT molecular complexity index is 287. The average Bonchev–Trinajstić information content (AvgIpc) is 2.27. The Hall–Kier alpha value is -1.49. The van der Waals surface area contributed by atoms with Gasteiger partial charge in [-0.2, -0.15) is 5.10 Å². The van der Waals surface area contributed by atoms with Crippen molar-refractivity contribution in [3.63, 3.8) is 0 Å². The van der Waals surface area contributed by atoms with E-state index in [1.807, 2.05) is 31.4 Å². The van der Waals surface area contributed by atoms with Gasteiger partial charge in [0.05, 0.1) is 0 Å². The van der Waals surface area contributed by atoms with Gasteiger partial charge in [-0.3, -0.25) is 0 Å². The molecule has 1 N–H and O–H groups in total. The van der Waals surface area contributed by atoms with Crippen LogP contribution in [-0.2, 0) is 0 Å². The summed E-state index contributed by atoms with van der Waals surface area (Å²) in [4.78, 5) is 0. The third-order valence-corrected chi connectivity index (χ3v) is 1.58. The lowest BCUT2D eigenvalue weighted by Crippen LogP contribution is -1.98. The van der Waals surface area contributed by atoms with Gasteiger partial charge < -0.3 is 0 Å². The highest BCUT2D eigenvalue weighted by atomic mass is 15.3. The van der Waals surface area contributed by atoms with Crippen LogP contribution in [0.15, 0.2) is 28.9 Å². The van der Waals surface area contributed by atoms with Gasteiger partial charge in [0.2, 0.25) is 0 Å². The van der Waals surface area contributed by atoms with Crippen LogP contribution in [0.2, 0.25) is 0 Å². The van der Waals surface area contributed by atoms with E-state index in [0.717, 1.165) is 5.57 Å². The molecule has 2 heteroatoms. The predicted molar refractivity (Wildman–Crippen MR) is 51.5 cm³/mol. The predicted octanol–water partition coefficient (Wildman–Crippen LogP) is 1.67. The van der Waals surface area contributed by atoms with Gasteiger partial charge in [-0.15, -0.1) is 0 Å². The van der Waals surface area contributed by atoms with Crippen molar-refractivity contribution in [2.45, 2.75) is 13.8 Å². The molecule has 1 atom stereocenters. The molecule has 0 spiro atoms. The molecule has 1 heterocycles. The van der Waals surface area contributed by atoms with Crippen LogP contribution in [0.1, 0.15) is 13.8 Å². The minimum absolute atomic E-state index is 0.295. The molecule has 0 amide bonds. The molecule has 1 aliphatic rings. The largest absolute Gasteiger partial charge is 0.236 e. The first-order chi connectivity index (χ1) is 5.84. The molecule has 0 saturated carbocycles. The third kappa shape index (κ3) is 2.28. The highest BCUT2D eigenvalue weighted by Crippen LogP contribution is 2.07. The van der Waals surface area contributed by atoms with Gasteiger partial charge in [-0.1, -0.05) is 25.2 Å². The zero-order chi connectivity index (χ0) is 8.81. The molecule has 0 bridgehead atoms. The van der Waals surface area contributed by atoms with E-state index in [1.54, 1.807) is 0 Å². The summed E-state index contributed by atoms with van der Waals surface area (Å²) in [7, 11) is 0. The van der Waals surface area contributed by atoms with E-state index in [4.69, 9.17) is 0 Å². The van der Waals surface area contributed by atoms with Gasteiger partial charge in [-0.05, 0) is 12.8 Å². The first-order valence-corrected chi connectivity index (χ1v) is 3.96. The van der Waals surface area contributed by atoms with E-state index in [-0.39, 0.29) is 0 Å². The van der Waals surface area contributed by atoms with Crippen molar-refractivity contribution < 1.29 is 0 Å². The van der Waals surface area contributed by atoms with Crippen LogP contribution in [0.4, 0.5) is 0 Å². The van der Waals surface area contributed by atoms with Gasteiger partial charge in [0.1, 0.15) is 0 Å². The second-order valence-corrected chi connectivity index (χ2v) is 2.58. The molecule has 12 heavy (non-hydrogen) atoms. The van der Waals surface area contributed by atoms with Crippen molar-refractivity contribution in [2.24, 2.45) is 11.0 Å². The zero-order valence-electron chi connectivity index (χ0n) is 7.33. The van der Waals surface area contributed by atoms with Crippen LogP contribution in [0, 0.1) is 17.9 Å². The molecule has 0 aliphatic carbocycles. The van der Waals surface area contributed by atoms with Gasteiger partial charge >= 0.3 is 0 Å². The molecular weight excluding hydrogens is 148 g/mol. The summed E-state index contributed by atoms with van der Waals surface area (Å²) in [5.41, 5.74) is 3.71. The zero-order valence-corrected chi connectivity index (χ0v) is 7.33. The molecule has 2 nitrogen and oxygen atoms in total. The monoisotopic (exact) mass is 160 g/mol. The summed E-state index contributed by atoms with van der Waals surface area (Å²) in [5, 5.41) is 3.90. The summed E-state index contributed by atoms with van der Waals surface area (Å²) in [6, 6.07) is 2.74. The number of allylic oxidation sites excluding steroid dienone is 4. The van der Waals surface area contributed by atoms with Crippen molar-refractivity contribution in [2.75, 3.05) is 0 Å². The highest BCUT2D eigenvalue weighted by molar-refractivity contribution is 5.67. The Labute approximate surface area is 73.1 Å². The summed E-state index contributed by atoms with van der Waals surface area (Å²) >= 11 is 0. The second kappa shape index (κ2) is 4.40. The molecule has 1 unspecified atom stereocenters. The lowest BCUT2D eigenvalue weighted by molar-refractivity contribution is 0.949. The van der Waals surface area contributed by atoms with E-state index in [1.165, 1.54) is 0 Å². The summed E-state index contributed by atoms with van der Waals surface area (Å²) in [6.45, 7) is 4.05. The molecule has 0 aromatic heterocycles. The smallest absolute Gasteiger partial charge is 0.0332 e. The van der Waals surface area contributed by atoms with Crippen molar-refractivity contribution in [1.29, 1.82) is 0 Å². The minimum Gasteiger partial charge on any atom is -0.236 e. The molecule has 0 aromatic rings. The standard InChI is InChI=1S/C10H12N2/c1-3-4-5-10-6-7-11-12-8-9(10)2/h3-5,8-9,11H,1-2H3/b4-3-,10-5-. The van der Waals surface area contributed by atoms with Gasteiger partial charge in [0, 0.05) is 23.7 Å². The minimum atomic E-state index is 0.295. The van der Waals surface area contributed by atoms with E-state index in [2.05, 4.69) is 29.4 Å². The van der Waals surface area contributed by atoms with Crippen LogP contribution in [-0.4, -0.2) is 6.21 Å². The molecule has 1 rings (SSSR count). The van der Waals surface area contributed by atoms with Crippen molar-refractivity contribution in [3.05, 3.63) is 23.8 Å². The van der Waals surface area contributed by atoms with E-state index in [9.17, 15) is 0 Å². The van der Waals surface area contributed by atoms with Crippen molar-refractivity contribution >= 4 is 6.21 Å². The molecule has 0 fully saturated rings. The topological polar surface area (TPSA) is 24.4 Å². The van der Waals surface area contributed by atoms with Crippen LogP contribution >= 0.6 is 0 Å². The Morgan fingerprint density at radius 2 is 2.50 bits per heavy atom. The lowest BCUT2D eigenvalue weighted by Gasteiger charge is -2.00. The molecular formula is C10H12N2. The van der Waals surface area contributed by atoms with Gasteiger partial charge in [0.25, 0.3) is 0 Å². The number of hydrazone groups is 1. The molecule has 62 valence electrons. The van der Waals surface area contributed by atoms with Gasteiger partial charge in [-0.25, -0.2) is 5.43 Å². The quantitative estimate of drug-likeness (QED) is 0.580. The maximum atomic E-state index is 3.90. The van der Waals surface area contributed by atoms with Crippen molar-refractivity contribution in [3.8, 4) is 12.0 Å². The second-order valence-electron chi connectivity index (χ2n) is 2.58. The average molecular weight is 160 g/mol. The number of hydrogen-bond donors (Lipinski definition) is 1. The summed E-state index contributed by atoms with van der Waals surface area (Å²) in [5.74, 6) is 3.28. The number of nitrogens with one attached hydrogen (secondary N) is 1. The molecule has 0 saturated heterocycles. The Morgan fingerprint density at radius 1 is 1.67 bits per heavy atom. The van der Waals surface area contributed by atoms with E-state index in [0.29, 0.717) is 5.92 Å². The van der Waals surface area contributed by atoms with Crippen molar-refractivity contribution in [1.82, 2.24) is 5.43 Å². The normalized spacial score (nSPS) is 24.8.